The highest BCUT2D eigenvalue weighted by molar-refractivity contribution is 9.10. The monoisotopic (exact) mass is 330 g/mol. The van der Waals surface area contributed by atoms with Crippen LogP contribution in [0.4, 0.5) is 5.69 Å². The molecule has 3 nitrogen and oxygen atoms in total. The van der Waals surface area contributed by atoms with E-state index in [2.05, 4.69) is 39.7 Å². The van der Waals surface area contributed by atoms with E-state index in [0.29, 0.717) is 12.5 Å². The van der Waals surface area contributed by atoms with E-state index in [1.165, 1.54) is 0 Å². The van der Waals surface area contributed by atoms with Crippen LogP contribution < -0.4 is 10.6 Å². The molecule has 0 saturated carbocycles. The predicted molar refractivity (Wildman–Crippen MR) is 83.2 cm³/mol. The Labute approximate surface area is 121 Å². The average molecular weight is 331 g/mol. The van der Waals surface area contributed by atoms with E-state index in [1.54, 1.807) is 0 Å². The predicted octanol–water partition coefficient (Wildman–Crippen LogP) is 2.98. The Kier molecular flexibility index (Phi) is 7.39. The second kappa shape index (κ2) is 8.56. The number of thioether (sulfide) groups is 1. The SMILES string of the molecule is CSCC(C)CNCC(=O)Nc1cccc(Br)c1. The van der Waals surface area contributed by atoms with Crippen molar-refractivity contribution < 1.29 is 4.79 Å². The van der Waals surface area contributed by atoms with Gasteiger partial charge in [0.1, 0.15) is 0 Å². The Morgan fingerprint density at radius 1 is 1.50 bits per heavy atom. The lowest BCUT2D eigenvalue weighted by atomic mass is 10.2. The van der Waals surface area contributed by atoms with Crippen LogP contribution in [0.15, 0.2) is 28.7 Å². The van der Waals surface area contributed by atoms with Crippen molar-refractivity contribution in [2.45, 2.75) is 6.92 Å². The minimum Gasteiger partial charge on any atom is -0.325 e. The normalized spacial score (nSPS) is 12.2. The maximum absolute atomic E-state index is 11.7. The van der Waals surface area contributed by atoms with Crippen molar-refractivity contribution in [3.8, 4) is 0 Å². The van der Waals surface area contributed by atoms with Gasteiger partial charge in [-0.05, 0) is 42.7 Å². The van der Waals surface area contributed by atoms with Gasteiger partial charge in [0, 0.05) is 10.2 Å². The number of carbonyl (C=O) groups is 1. The van der Waals surface area contributed by atoms with Crippen LogP contribution in [0.3, 0.4) is 0 Å². The van der Waals surface area contributed by atoms with Crippen molar-refractivity contribution in [2.24, 2.45) is 5.92 Å². The van der Waals surface area contributed by atoms with Crippen molar-refractivity contribution in [1.82, 2.24) is 5.32 Å². The fourth-order valence-corrected chi connectivity index (χ4v) is 2.63. The molecule has 5 heteroatoms. The van der Waals surface area contributed by atoms with Gasteiger partial charge >= 0.3 is 0 Å². The first-order valence-electron chi connectivity index (χ1n) is 5.87. The van der Waals surface area contributed by atoms with Crippen molar-refractivity contribution >= 4 is 39.3 Å². The van der Waals surface area contributed by atoms with E-state index in [0.717, 1.165) is 22.5 Å². The second-order valence-corrected chi connectivity index (χ2v) is 6.08. The standard InChI is InChI=1S/C13H19BrN2OS/c1-10(9-18-2)7-15-8-13(17)16-12-5-3-4-11(14)6-12/h3-6,10,15H,7-9H2,1-2H3,(H,16,17). The third-order valence-electron chi connectivity index (χ3n) is 2.34. The van der Waals surface area contributed by atoms with Gasteiger partial charge in [0.05, 0.1) is 6.54 Å². The second-order valence-electron chi connectivity index (χ2n) is 4.25. The maximum atomic E-state index is 11.7. The van der Waals surface area contributed by atoms with Crippen molar-refractivity contribution in [1.29, 1.82) is 0 Å². The number of hydrogen-bond acceptors (Lipinski definition) is 3. The van der Waals surface area contributed by atoms with E-state index in [4.69, 9.17) is 0 Å². The molecule has 0 saturated heterocycles. The van der Waals surface area contributed by atoms with Gasteiger partial charge in [0.2, 0.25) is 5.91 Å². The quantitative estimate of drug-likeness (QED) is 0.807. The molecule has 1 aromatic rings. The van der Waals surface area contributed by atoms with Gasteiger partial charge < -0.3 is 10.6 Å². The molecule has 0 bridgehead atoms. The van der Waals surface area contributed by atoms with Gasteiger partial charge in [-0.2, -0.15) is 11.8 Å². The molecule has 1 aromatic carbocycles. The van der Waals surface area contributed by atoms with Crippen LogP contribution in [-0.4, -0.2) is 31.0 Å². The zero-order valence-electron chi connectivity index (χ0n) is 10.7. The average Bonchev–Trinajstić information content (AvgIpc) is 2.29. The zero-order chi connectivity index (χ0) is 13.4. The molecule has 0 aliphatic rings. The number of benzene rings is 1. The Hall–Kier alpha value is -0.520. The molecule has 0 aliphatic heterocycles. The third kappa shape index (κ3) is 6.42. The summed E-state index contributed by atoms with van der Waals surface area (Å²) in [6.07, 6.45) is 2.09. The lowest BCUT2D eigenvalue weighted by Crippen LogP contribution is -2.31. The van der Waals surface area contributed by atoms with Gasteiger partial charge in [-0.3, -0.25) is 4.79 Å². The van der Waals surface area contributed by atoms with Crippen LogP contribution in [0.5, 0.6) is 0 Å². The maximum Gasteiger partial charge on any atom is 0.238 e. The first kappa shape index (κ1) is 15.5. The molecular formula is C13H19BrN2OS. The summed E-state index contributed by atoms with van der Waals surface area (Å²) in [7, 11) is 0. The Morgan fingerprint density at radius 2 is 2.28 bits per heavy atom. The molecule has 2 N–H and O–H groups in total. The summed E-state index contributed by atoms with van der Waals surface area (Å²) in [5.74, 6) is 1.68. The summed E-state index contributed by atoms with van der Waals surface area (Å²) >= 11 is 5.20. The number of rotatable bonds is 7. The van der Waals surface area contributed by atoms with Gasteiger partial charge in [0.15, 0.2) is 0 Å². The Balaban J connectivity index is 2.25. The highest BCUT2D eigenvalue weighted by Crippen LogP contribution is 2.15. The van der Waals surface area contributed by atoms with Crippen LogP contribution in [-0.2, 0) is 4.79 Å². The molecule has 1 atom stereocenters. The third-order valence-corrected chi connectivity index (χ3v) is 3.73. The summed E-state index contributed by atoms with van der Waals surface area (Å²) < 4.78 is 0.960. The summed E-state index contributed by atoms with van der Waals surface area (Å²) in [6, 6.07) is 7.58. The molecule has 0 fully saturated rings. The first-order chi connectivity index (χ1) is 8.61. The molecule has 1 unspecified atom stereocenters. The highest BCUT2D eigenvalue weighted by atomic mass is 79.9. The van der Waals surface area contributed by atoms with Crippen molar-refractivity contribution in [3.05, 3.63) is 28.7 Å². The minimum atomic E-state index is -0.00977. The molecule has 0 aromatic heterocycles. The van der Waals surface area contributed by atoms with E-state index in [1.807, 2.05) is 36.0 Å². The molecule has 0 radical (unpaired) electrons. The number of carbonyl (C=O) groups excluding carboxylic acids is 1. The molecular weight excluding hydrogens is 312 g/mol. The summed E-state index contributed by atoms with van der Waals surface area (Å²) in [4.78, 5) is 11.7. The van der Waals surface area contributed by atoms with Crippen LogP contribution in [0.2, 0.25) is 0 Å². The number of nitrogens with one attached hydrogen (secondary N) is 2. The number of amides is 1. The van der Waals surface area contributed by atoms with E-state index < -0.39 is 0 Å². The number of hydrogen-bond donors (Lipinski definition) is 2. The van der Waals surface area contributed by atoms with Gasteiger partial charge in [-0.25, -0.2) is 0 Å². The van der Waals surface area contributed by atoms with E-state index in [-0.39, 0.29) is 5.91 Å². The Morgan fingerprint density at radius 3 is 2.94 bits per heavy atom. The van der Waals surface area contributed by atoms with E-state index in [9.17, 15) is 4.79 Å². The van der Waals surface area contributed by atoms with Gasteiger partial charge in [0.25, 0.3) is 0 Å². The lowest BCUT2D eigenvalue weighted by molar-refractivity contribution is -0.115. The van der Waals surface area contributed by atoms with Crippen LogP contribution >= 0.6 is 27.7 Å². The van der Waals surface area contributed by atoms with Crippen LogP contribution in [0.1, 0.15) is 6.92 Å². The molecule has 18 heavy (non-hydrogen) atoms. The number of anilines is 1. The molecule has 0 aliphatic carbocycles. The fraction of sp³-hybridized carbons (Fsp3) is 0.462. The summed E-state index contributed by atoms with van der Waals surface area (Å²) in [5.41, 5.74) is 0.813. The van der Waals surface area contributed by atoms with Crippen LogP contribution in [0, 0.1) is 5.92 Å². The first-order valence-corrected chi connectivity index (χ1v) is 8.05. The van der Waals surface area contributed by atoms with Gasteiger partial charge in [-0.1, -0.05) is 28.9 Å². The molecule has 1 amide bonds. The smallest absolute Gasteiger partial charge is 0.238 e. The van der Waals surface area contributed by atoms with Crippen molar-refractivity contribution in [3.63, 3.8) is 0 Å². The summed E-state index contributed by atoms with van der Waals surface area (Å²) in [5, 5.41) is 6.02. The zero-order valence-corrected chi connectivity index (χ0v) is 13.1. The number of halogens is 1. The fourth-order valence-electron chi connectivity index (χ4n) is 1.55. The topological polar surface area (TPSA) is 41.1 Å². The molecule has 0 heterocycles. The summed E-state index contributed by atoms with van der Waals surface area (Å²) in [6.45, 7) is 3.40. The van der Waals surface area contributed by atoms with Crippen LogP contribution in [0.25, 0.3) is 0 Å². The molecule has 0 spiro atoms. The van der Waals surface area contributed by atoms with Gasteiger partial charge in [-0.15, -0.1) is 0 Å². The largest absolute Gasteiger partial charge is 0.325 e. The highest BCUT2D eigenvalue weighted by Gasteiger charge is 2.04. The lowest BCUT2D eigenvalue weighted by Gasteiger charge is -2.11. The van der Waals surface area contributed by atoms with E-state index >= 15 is 0 Å². The van der Waals surface area contributed by atoms with Crippen molar-refractivity contribution in [2.75, 3.05) is 30.4 Å². The minimum absolute atomic E-state index is 0.00977. The molecule has 100 valence electrons. The molecule has 1 rings (SSSR count). The Bertz CT molecular complexity index is 387.